The normalized spacial score (nSPS) is 9.27. The first-order chi connectivity index (χ1) is 7.13. The van der Waals surface area contributed by atoms with E-state index in [4.69, 9.17) is 0 Å². The lowest BCUT2D eigenvalue weighted by Gasteiger charge is -1.92. The van der Waals surface area contributed by atoms with Crippen LogP contribution >= 0.6 is 0 Å². The summed E-state index contributed by atoms with van der Waals surface area (Å²) in [6.45, 7) is 1.87. The second kappa shape index (κ2) is 5.26. The van der Waals surface area contributed by atoms with E-state index in [2.05, 4.69) is 11.8 Å². The molecule has 1 nitrogen and oxygen atoms in total. The van der Waals surface area contributed by atoms with E-state index in [0.717, 1.165) is 18.6 Å². The number of rotatable bonds is 2. The molecule has 0 aromatic heterocycles. The first-order valence-corrected chi connectivity index (χ1v) is 4.63. The fourth-order valence-electron chi connectivity index (χ4n) is 1.01. The molecule has 0 radical (unpaired) electrons. The number of Topliss-reactive ketones (excluding diaryl/α,β-unsaturated/α-hetero) is 1. The molecule has 0 spiro atoms. The van der Waals surface area contributed by atoms with Crippen LogP contribution in [0.15, 0.2) is 18.2 Å². The number of carbonyl (C=O) groups is 1. The Labute approximate surface area is 87.1 Å². The molecule has 0 amide bonds. The minimum Gasteiger partial charge on any atom is -0.285 e. The van der Waals surface area contributed by atoms with Gasteiger partial charge in [-0.1, -0.05) is 12.8 Å². The number of carbonyl (C=O) groups excluding carboxylic acids is 1. The van der Waals surface area contributed by atoms with Crippen LogP contribution in [0.1, 0.15) is 25.3 Å². The van der Waals surface area contributed by atoms with Crippen LogP contribution in [-0.2, 0) is 4.79 Å². The highest BCUT2D eigenvalue weighted by Crippen LogP contribution is 2.07. The van der Waals surface area contributed by atoms with E-state index in [1.807, 2.05) is 6.92 Å². The highest BCUT2D eigenvalue weighted by molar-refractivity contribution is 5.95. The molecule has 15 heavy (non-hydrogen) atoms. The summed E-state index contributed by atoms with van der Waals surface area (Å²) in [6.07, 6.45) is 1.11. The van der Waals surface area contributed by atoms with Gasteiger partial charge in [-0.05, 0) is 30.5 Å². The number of hydrogen-bond acceptors (Lipinski definition) is 1. The Morgan fingerprint density at radius 2 is 2.07 bits per heavy atom. The van der Waals surface area contributed by atoms with Crippen LogP contribution in [0.2, 0.25) is 0 Å². The smallest absolute Gasteiger partial charge is 0.205 e. The maximum atomic E-state index is 12.7. The molecule has 0 saturated heterocycles. The van der Waals surface area contributed by atoms with Gasteiger partial charge < -0.3 is 0 Å². The van der Waals surface area contributed by atoms with Gasteiger partial charge in [0.2, 0.25) is 5.78 Å². The zero-order valence-corrected chi connectivity index (χ0v) is 8.31. The first kappa shape index (κ1) is 11.4. The van der Waals surface area contributed by atoms with Crippen LogP contribution in [0, 0.1) is 23.5 Å². The van der Waals surface area contributed by atoms with Crippen LogP contribution in [-0.4, -0.2) is 5.78 Å². The molecule has 0 fully saturated rings. The van der Waals surface area contributed by atoms with E-state index < -0.39 is 11.6 Å². The fraction of sp³-hybridized carbons (Fsp3) is 0.250. The molecule has 0 unspecified atom stereocenters. The van der Waals surface area contributed by atoms with E-state index in [9.17, 15) is 13.6 Å². The number of halogens is 2. The third kappa shape index (κ3) is 3.51. The Hall–Kier alpha value is -1.69. The summed E-state index contributed by atoms with van der Waals surface area (Å²) in [4.78, 5) is 11.0. The summed E-state index contributed by atoms with van der Waals surface area (Å²) < 4.78 is 25.3. The Bertz CT molecular complexity index is 427. The SMILES string of the molecule is CCCC(=O)C#Cc1ccc(F)c(F)c1. The van der Waals surface area contributed by atoms with Crippen LogP contribution in [0.4, 0.5) is 8.78 Å². The maximum absolute atomic E-state index is 12.7. The van der Waals surface area contributed by atoms with Gasteiger partial charge in [0, 0.05) is 12.0 Å². The minimum atomic E-state index is -0.954. The molecule has 0 bridgehead atoms. The van der Waals surface area contributed by atoms with Gasteiger partial charge in [-0.2, -0.15) is 0 Å². The Morgan fingerprint density at radius 1 is 1.33 bits per heavy atom. The first-order valence-electron chi connectivity index (χ1n) is 4.63. The molecule has 1 aromatic rings. The van der Waals surface area contributed by atoms with Gasteiger partial charge in [-0.25, -0.2) is 8.78 Å². The summed E-state index contributed by atoms with van der Waals surface area (Å²) in [5.74, 6) is 2.80. The molecule has 78 valence electrons. The van der Waals surface area contributed by atoms with E-state index in [1.165, 1.54) is 6.07 Å². The third-order valence-corrected chi connectivity index (χ3v) is 1.74. The van der Waals surface area contributed by atoms with Crippen molar-refractivity contribution in [3.8, 4) is 11.8 Å². The van der Waals surface area contributed by atoms with Crippen LogP contribution in [0.25, 0.3) is 0 Å². The van der Waals surface area contributed by atoms with Crippen LogP contribution in [0.5, 0.6) is 0 Å². The quantitative estimate of drug-likeness (QED) is 0.683. The van der Waals surface area contributed by atoms with Crippen molar-refractivity contribution in [1.82, 2.24) is 0 Å². The van der Waals surface area contributed by atoms with E-state index in [0.29, 0.717) is 12.0 Å². The Balaban J connectivity index is 2.80. The van der Waals surface area contributed by atoms with Gasteiger partial charge in [-0.15, -0.1) is 0 Å². The van der Waals surface area contributed by atoms with E-state index >= 15 is 0 Å². The van der Waals surface area contributed by atoms with Crippen molar-refractivity contribution in [2.45, 2.75) is 19.8 Å². The highest BCUT2D eigenvalue weighted by atomic mass is 19.2. The van der Waals surface area contributed by atoms with Crippen molar-refractivity contribution in [3.05, 3.63) is 35.4 Å². The molecule has 3 heteroatoms. The molecule has 0 N–H and O–H groups in total. The molecule has 0 aliphatic carbocycles. The molecule has 0 aliphatic rings. The number of ketones is 1. The Kier molecular flexibility index (Phi) is 3.99. The monoisotopic (exact) mass is 208 g/mol. The predicted octanol–water partition coefficient (Wildman–Crippen LogP) is 2.69. The van der Waals surface area contributed by atoms with E-state index in [1.54, 1.807) is 0 Å². The molecule has 0 aliphatic heterocycles. The van der Waals surface area contributed by atoms with Crippen molar-refractivity contribution >= 4 is 5.78 Å². The lowest BCUT2D eigenvalue weighted by molar-refractivity contribution is -0.113. The zero-order chi connectivity index (χ0) is 11.3. The van der Waals surface area contributed by atoms with Crippen molar-refractivity contribution in [3.63, 3.8) is 0 Å². The largest absolute Gasteiger partial charge is 0.285 e. The second-order valence-corrected chi connectivity index (χ2v) is 3.05. The van der Waals surface area contributed by atoms with Gasteiger partial charge in [0.05, 0.1) is 0 Å². The summed E-state index contributed by atoms with van der Waals surface area (Å²) in [5.41, 5.74) is 0.304. The molecule has 0 saturated carbocycles. The molecule has 1 rings (SSSR count). The third-order valence-electron chi connectivity index (χ3n) is 1.74. The lowest BCUT2D eigenvalue weighted by Crippen LogP contribution is -1.91. The average molecular weight is 208 g/mol. The van der Waals surface area contributed by atoms with Gasteiger partial charge in [0.15, 0.2) is 11.6 Å². The summed E-state index contributed by atoms with van der Waals surface area (Å²) in [7, 11) is 0. The number of hydrogen-bond donors (Lipinski definition) is 0. The predicted molar refractivity (Wildman–Crippen MR) is 53.2 cm³/mol. The minimum absolute atomic E-state index is 0.192. The van der Waals surface area contributed by atoms with Gasteiger partial charge >= 0.3 is 0 Å². The van der Waals surface area contributed by atoms with Gasteiger partial charge in [0.25, 0.3) is 0 Å². The van der Waals surface area contributed by atoms with Crippen molar-refractivity contribution in [1.29, 1.82) is 0 Å². The van der Waals surface area contributed by atoms with Gasteiger partial charge in [0.1, 0.15) is 0 Å². The van der Waals surface area contributed by atoms with Crippen molar-refractivity contribution in [2.75, 3.05) is 0 Å². The fourth-order valence-corrected chi connectivity index (χ4v) is 1.01. The molecule has 1 aromatic carbocycles. The van der Waals surface area contributed by atoms with Crippen LogP contribution in [0.3, 0.4) is 0 Å². The zero-order valence-electron chi connectivity index (χ0n) is 8.31. The summed E-state index contributed by atoms with van der Waals surface area (Å²) in [6, 6.07) is 3.30. The second-order valence-electron chi connectivity index (χ2n) is 3.05. The molecule has 0 heterocycles. The standard InChI is InChI=1S/C12H10F2O/c1-2-3-10(15)6-4-9-5-7-11(13)12(14)8-9/h5,7-8H,2-3H2,1H3. The highest BCUT2D eigenvalue weighted by Gasteiger charge is 2.00. The average Bonchev–Trinajstić information content (AvgIpc) is 2.20. The topological polar surface area (TPSA) is 17.1 Å². The lowest BCUT2D eigenvalue weighted by atomic mass is 10.2. The Morgan fingerprint density at radius 3 is 2.67 bits per heavy atom. The van der Waals surface area contributed by atoms with Gasteiger partial charge in [-0.3, -0.25) is 4.79 Å². The number of benzene rings is 1. The molecular weight excluding hydrogens is 198 g/mol. The van der Waals surface area contributed by atoms with E-state index in [-0.39, 0.29) is 5.78 Å². The summed E-state index contributed by atoms with van der Waals surface area (Å²) in [5, 5.41) is 0. The molecule has 0 atom stereocenters. The van der Waals surface area contributed by atoms with Crippen molar-refractivity contribution in [2.24, 2.45) is 0 Å². The molecular formula is C12H10F2O. The summed E-state index contributed by atoms with van der Waals surface area (Å²) >= 11 is 0. The van der Waals surface area contributed by atoms with Crippen molar-refractivity contribution < 1.29 is 13.6 Å². The van der Waals surface area contributed by atoms with Crippen LogP contribution < -0.4 is 0 Å². The maximum Gasteiger partial charge on any atom is 0.205 e.